The molecule has 1 saturated heterocycles. The number of ether oxygens (including phenoxy) is 1. The fraction of sp³-hybridized carbons (Fsp3) is 0.889. The van der Waals surface area contributed by atoms with E-state index in [1.54, 1.807) is 0 Å². The summed E-state index contributed by atoms with van der Waals surface area (Å²) >= 11 is 0. The zero-order chi connectivity index (χ0) is 8.29. The third-order valence-electron chi connectivity index (χ3n) is 3.87. The highest BCUT2D eigenvalue weighted by molar-refractivity contribution is 5.77. The molecule has 1 heterocycles. The summed E-state index contributed by atoms with van der Waals surface area (Å²) < 4.78 is 5.22. The molecular weight excluding hydrogens is 156 g/mol. The molecular formula is C9H12O3. The number of hydrogen-bond donors (Lipinski definition) is 1. The zero-order valence-corrected chi connectivity index (χ0v) is 6.77. The highest BCUT2D eigenvalue weighted by Crippen LogP contribution is 2.57. The van der Waals surface area contributed by atoms with Crippen LogP contribution < -0.4 is 0 Å². The van der Waals surface area contributed by atoms with Crippen molar-refractivity contribution in [3.63, 3.8) is 0 Å². The van der Waals surface area contributed by atoms with Gasteiger partial charge in [0.1, 0.15) is 6.10 Å². The molecule has 0 spiro atoms. The number of aliphatic hydroxyl groups is 1. The van der Waals surface area contributed by atoms with Gasteiger partial charge in [-0.05, 0) is 24.7 Å². The molecule has 0 aromatic carbocycles. The van der Waals surface area contributed by atoms with Crippen LogP contribution in [0.4, 0.5) is 0 Å². The predicted octanol–water partition coefficient (Wildman–Crippen LogP) is 0.176. The van der Waals surface area contributed by atoms with E-state index in [0.717, 1.165) is 12.8 Å². The Bertz CT molecular complexity index is 236. The first-order valence-corrected chi connectivity index (χ1v) is 4.62. The van der Waals surface area contributed by atoms with Crippen molar-refractivity contribution >= 4 is 5.97 Å². The van der Waals surface area contributed by atoms with E-state index >= 15 is 0 Å². The average Bonchev–Trinajstić information content (AvgIpc) is 2.61. The topological polar surface area (TPSA) is 46.5 Å². The molecule has 2 bridgehead atoms. The van der Waals surface area contributed by atoms with E-state index in [4.69, 9.17) is 9.84 Å². The number of esters is 1. The predicted molar refractivity (Wildman–Crippen MR) is 40.2 cm³/mol. The van der Waals surface area contributed by atoms with Crippen molar-refractivity contribution in [3.8, 4) is 0 Å². The first kappa shape index (κ1) is 6.89. The van der Waals surface area contributed by atoms with Crippen molar-refractivity contribution < 1.29 is 14.6 Å². The van der Waals surface area contributed by atoms with Crippen LogP contribution in [0, 0.1) is 23.7 Å². The van der Waals surface area contributed by atoms with Gasteiger partial charge >= 0.3 is 5.97 Å². The van der Waals surface area contributed by atoms with E-state index in [0.29, 0.717) is 11.8 Å². The summed E-state index contributed by atoms with van der Waals surface area (Å²) in [5, 5.41) is 9.12. The second-order valence-corrected chi connectivity index (χ2v) is 4.24. The van der Waals surface area contributed by atoms with E-state index in [1.807, 2.05) is 0 Å². The molecule has 1 aliphatic heterocycles. The third kappa shape index (κ3) is 0.600. The van der Waals surface area contributed by atoms with Gasteiger partial charge in [0.2, 0.25) is 0 Å². The minimum absolute atomic E-state index is 0.0405. The van der Waals surface area contributed by atoms with E-state index in [2.05, 4.69) is 0 Å². The lowest BCUT2D eigenvalue weighted by Crippen LogP contribution is -2.28. The molecule has 0 aromatic rings. The van der Waals surface area contributed by atoms with Crippen LogP contribution in [-0.2, 0) is 9.53 Å². The lowest BCUT2D eigenvalue weighted by molar-refractivity contribution is -0.144. The molecule has 2 saturated carbocycles. The largest absolute Gasteiger partial charge is 0.462 e. The summed E-state index contributed by atoms with van der Waals surface area (Å²) in [7, 11) is 0. The number of fused-ring (bicyclic) bond motifs is 1. The van der Waals surface area contributed by atoms with Crippen molar-refractivity contribution in [1.82, 2.24) is 0 Å². The van der Waals surface area contributed by atoms with Gasteiger partial charge in [0.15, 0.2) is 0 Å². The molecule has 5 atom stereocenters. The van der Waals surface area contributed by atoms with Gasteiger partial charge in [-0.25, -0.2) is 0 Å². The molecule has 66 valence electrons. The maximum atomic E-state index is 11.3. The van der Waals surface area contributed by atoms with Crippen LogP contribution in [0.2, 0.25) is 0 Å². The molecule has 0 unspecified atom stereocenters. The Balaban J connectivity index is 1.98. The van der Waals surface area contributed by atoms with Crippen LogP contribution in [0.15, 0.2) is 0 Å². The minimum Gasteiger partial charge on any atom is -0.462 e. The van der Waals surface area contributed by atoms with Crippen LogP contribution in [0.5, 0.6) is 0 Å². The molecule has 0 amide bonds. The van der Waals surface area contributed by atoms with Crippen LogP contribution in [-0.4, -0.2) is 23.8 Å². The number of hydrogen-bond acceptors (Lipinski definition) is 3. The van der Waals surface area contributed by atoms with Crippen LogP contribution >= 0.6 is 0 Å². The lowest BCUT2D eigenvalue weighted by Gasteiger charge is -2.21. The highest BCUT2D eigenvalue weighted by Gasteiger charge is 2.61. The molecule has 12 heavy (non-hydrogen) atoms. The Hall–Kier alpha value is -0.570. The van der Waals surface area contributed by atoms with E-state index < -0.39 is 0 Å². The van der Waals surface area contributed by atoms with Crippen molar-refractivity contribution in [2.75, 3.05) is 6.61 Å². The second-order valence-electron chi connectivity index (χ2n) is 4.24. The first-order chi connectivity index (χ1) is 5.81. The zero-order valence-electron chi connectivity index (χ0n) is 6.77. The van der Waals surface area contributed by atoms with E-state index in [9.17, 15) is 4.79 Å². The van der Waals surface area contributed by atoms with Crippen molar-refractivity contribution in [1.29, 1.82) is 0 Å². The minimum atomic E-state index is -0.0518. The second kappa shape index (κ2) is 2.02. The monoisotopic (exact) mass is 168 g/mol. The molecule has 1 N–H and O–H groups in total. The van der Waals surface area contributed by atoms with Gasteiger partial charge in [0.05, 0.1) is 5.92 Å². The summed E-state index contributed by atoms with van der Waals surface area (Å²) in [6.07, 6.45) is 2.31. The van der Waals surface area contributed by atoms with Gasteiger partial charge in [-0.3, -0.25) is 4.79 Å². The van der Waals surface area contributed by atoms with Crippen LogP contribution in [0.1, 0.15) is 12.8 Å². The molecule has 3 rings (SSSR count). The number of aliphatic hydroxyl groups excluding tert-OH is 1. The van der Waals surface area contributed by atoms with Gasteiger partial charge in [-0.1, -0.05) is 0 Å². The summed E-state index contributed by atoms with van der Waals surface area (Å²) in [6.45, 7) is 0.160. The molecule has 3 heteroatoms. The maximum Gasteiger partial charge on any atom is 0.310 e. The number of carbonyl (C=O) groups is 1. The van der Waals surface area contributed by atoms with Crippen molar-refractivity contribution in [2.24, 2.45) is 23.7 Å². The molecule has 3 aliphatic rings. The molecule has 0 radical (unpaired) electrons. The summed E-state index contributed by atoms with van der Waals surface area (Å²) in [6, 6.07) is 0. The normalized spacial score (nSPS) is 54.8. The maximum absolute atomic E-state index is 11.3. The fourth-order valence-electron chi connectivity index (χ4n) is 3.38. The van der Waals surface area contributed by atoms with Gasteiger partial charge in [-0.15, -0.1) is 0 Å². The quantitative estimate of drug-likeness (QED) is 0.568. The van der Waals surface area contributed by atoms with Crippen molar-refractivity contribution in [3.05, 3.63) is 0 Å². The molecule has 0 aromatic heterocycles. The number of carbonyl (C=O) groups excluding carboxylic acids is 1. The van der Waals surface area contributed by atoms with Gasteiger partial charge in [-0.2, -0.15) is 0 Å². The van der Waals surface area contributed by atoms with Gasteiger partial charge in [0.25, 0.3) is 0 Å². The Labute approximate surface area is 70.7 Å². The average molecular weight is 168 g/mol. The SMILES string of the molecule is O=C1O[C@@H]2C[C@H]3C[C@H]2[C@@H]1[C@H]3CO. The van der Waals surface area contributed by atoms with E-state index in [1.165, 1.54) is 0 Å². The Morgan fingerprint density at radius 2 is 2.33 bits per heavy atom. The molecule has 3 fully saturated rings. The standard InChI is InChI=1S/C9H12O3/c10-3-6-4-1-5-7(2-4)12-9(11)8(5)6/h4-8,10H,1-3H2/t4-,5-,6+,7-,8-/m1/s1. The Morgan fingerprint density at radius 3 is 3.08 bits per heavy atom. The third-order valence-corrected chi connectivity index (χ3v) is 3.87. The van der Waals surface area contributed by atoms with Crippen LogP contribution in [0.25, 0.3) is 0 Å². The summed E-state index contributed by atoms with van der Waals surface area (Å²) in [5.74, 6) is 1.20. The van der Waals surface area contributed by atoms with E-state index in [-0.39, 0.29) is 30.5 Å². The van der Waals surface area contributed by atoms with Crippen LogP contribution in [0.3, 0.4) is 0 Å². The van der Waals surface area contributed by atoms with Crippen molar-refractivity contribution in [2.45, 2.75) is 18.9 Å². The molecule has 3 nitrogen and oxygen atoms in total. The molecule has 2 aliphatic carbocycles. The summed E-state index contributed by atoms with van der Waals surface area (Å²) in [5.41, 5.74) is 0. The van der Waals surface area contributed by atoms with Gasteiger partial charge in [0, 0.05) is 12.5 Å². The van der Waals surface area contributed by atoms with Gasteiger partial charge < -0.3 is 9.84 Å². The number of rotatable bonds is 1. The Morgan fingerprint density at radius 1 is 1.50 bits per heavy atom. The fourth-order valence-corrected chi connectivity index (χ4v) is 3.38. The smallest absolute Gasteiger partial charge is 0.310 e. The summed E-state index contributed by atoms with van der Waals surface area (Å²) in [4.78, 5) is 11.3. The first-order valence-electron chi connectivity index (χ1n) is 4.62. The lowest BCUT2D eigenvalue weighted by atomic mass is 9.81. The highest BCUT2D eigenvalue weighted by atomic mass is 16.6. The Kier molecular flexibility index (Phi) is 1.16.